The second-order valence-electron chi connectivity index (χ2n) is 8.77. The second kappa shape index (κ2) is 14.7. The number of ether oxygens (including phenoxy) is 1. The van der Waals surface area contributed by atoms with Gasteiger partial charge in [-0.3, -0.25) is 9.89 Å². The Bertz CT molecular complexity index is 1070. The zero-order valence-corrected chi connectivity index (χ0v) is 21.8. The average molecular weight is 490 g/mol. The van der Waals surface area contributed by atoms with Crippen molar-refractivity contribution in [3.8, 4) is 17.0 Å². The summed E-state index contributed by atoms with van der Waals surface area (Å²) >= 11 is 0. The lowest BCUT2D eigenvalue weighted by molar-refractivity contribution is 0.0950. The van der Waals surface area contributed by atoms with Gasteiger partial charge in [0.1, 0.15) is 11.4 Å². The van der Waals surface area contributed by atoms with Gasteiger partial charge in [0.05, 0.1) is 18.5 Å². The summed E-state index contributed by atoms with van der Waals surface area (Å²) in [6.45, 7) is 9.16. The molecule has 0 bridgehead atoms. The third-order valence-electron chi connectivity index (χ3n) is 6.14. The number of carbonyl (C=O) groups excluding carboxylic acids is 1. The Morgan fingerprint density at radius 1 is 0.972 bits per heavy atom. The molecule has 3 rings (SSSR count). The number of nitrogens with zero attached hydrogens (tertiary/aromatic N) is 3. The first-order valence-electron chi connectivity index (χ1n) is 13.1. The van der Waals surface area contributed by atoms with Crippen LogP contribution < -0.4 is 15.1 Å². The molecule has 0 radical (unpaired) electrons. The Kier molecular flexibility index (Phi) is 11.0. The molecule has 1 aromatic heterocycles. The molecule has 0 unspecified atom stereocenters. The minimum atomic E-state index is -0.344. The number of H-pyrrole nitrogens is 1. The summed E-state index contributed by atoms with van der Waals surface area (Å²) in [6.07, 6.45) is 9.10. The van der Waals surface area contributed by atoms with Gasteiger partial charge >= 0.3 is 0 Å². The predicted molar refractivity (Wildman–Crippen MR) is 148 cm³/mol. The lowest BCUT2D eigenvalue weighted by Crippen LogP contribution is -2.21. The highest BCUT2D eigenvalue weighted by Gasteiger charge is 2.10. The van der Waals surface area contributed by atoms with Crippen molar-refractivity contribution < 1.29 is 9.53 Å². The maximum atomic E-state index is 12.5. The topological polar surface area (TPSA) is 82.6 Å². The van der Waals surface area contributed by atoms with Crippen molar-refractivity contribution in [1.82, 2.24) is 15.6 Å². The Hall–Kier alpha value is -3.61. The molecule has 2 aromatic carbocycles. The lowest BCUT2D eigenvalue weighted by Gasteiger charge is -2.20. The van der Waals surface area contributed by atoms with Crippen LogP contribution in [0.5, 0.6) is 5.75 Å². The molecule has 7 heteroatoms. The molecular weight excluding hydrogens is 450 g/mol. The standard InChI is InChI=1S/C29H39N5O2/c1-4-7-8-9-10-11-20-36-26-18-14-24(15-19-26)27-21-28(32-31-27)29(35)33-30-22-23-12-16-25(17-13-23)34(5-2)6-3/h12-19,21-22H,4-11,20H2,1-3H3,(H,31,32)(H,33,35)/b30-22-. The summed E-state index contributed by atoms with van der Waals surface area (Å²) in [4.78, 5) is 14.7. The van der Waals surface area contributed by atoms with Crippen molar-refractivity contribution in [2.45, 2.75) is 59.3 Å². The average Bonchev–Trinajstić information content (AvgIpc) is 3.41. The molecule has 0 saturated carbocycles. The SMILES string of the molecule is CCCCCCCCOc1ccc(-c2cc(C(=O)N/N=C\c3ccc(N(CC)CC)cc3)[nH]n2)cc1. The van der Waals surface area contributed by atoms with Crippen LogP contribution in [-0.4, -0.2) is 42.0 Å². The van der Waals surface area contributed by atoms with Crippen LogP contribution >= 0.6 is 0 Å². The van der Waals surface area contributed by atoms with Gasteiger partial charge in [0, 0.05) is 24.3 Å². The van der Waals surface area contributed by atoms with E-state index in [0.29, 0.717) is 11.4 Å². The Balaban J connectivity index is 1.46. The Labute approximate surface area is 215 Å². The van der Waals surface area contributed by atoms with Crippen LogP contribution in [0.3, 0.4) is 0 Å². The van der Waals surface area contributed by atoms with Crippen molar-refractivity contribution in [3.05, 3.63) is 65.9 Å². The zero-order chi connectivity index (χ0) is 25.6. The first kappa shape index (κ1) is 27.0. The fourth-order valence-corrected chi connectivity index (χ4v) is 3.97. The largest absolute Gasteiger partial charge is 0.494 e. The van der Waals surface area contributed by atoms with Gasteiger partial charge in [0.15, 0.2) is 0 Å². The van der Waals surface area contributed by atoms with E-state index in [-0.39, 0.29) is 5.91 Å². The smallest absolute Gasteiger partial charge is 0.289 e. The first-order valence-corrected chi connectivity index (χ1v) is 13.1. The number of benzene rings is 2. The maximum absolute atomic E-state index is 12.5. The Morgan fingerprint density at radius 2 is 1.67 bits per heavy atom. The summed E-state index contributed by atoms with van der Waals surface area (Å²) in [5.74, 6) is 0.504. The van der Waals surface area contributed by atoms with Crippen LogP contribution in [0.1, 0.15) is 75.3 Å². The van der Waals surface area contributed by atoms with E-state index >= 15 is 0 Å². The fourth-order valence-electron chi connectivity index (χ4n) is 3.97. The molecule has 36 heavy (non-hydrogen) atoms. The molecule has 7 nitrogen and oxygen atoms in total. The quantitative estimate of drug-likeness (QED) is 0.146. The van der Waals surface area contributed by atoms with Crippen molar-refractivity contribution in [3.63, 3.8) is 0 Å². The number of rotatable bonds is 15. The van der Waals surface area contributed by atoms with Crippen LogP contribution in [0.25, 0.3) is 11.3 Å². The zero-order valence-electron chi connectivity index (χ0n) is 21.8. The third kappa shape index (κ3) is 8.26. The number of carbonyl (C=O) groups is 1. The number of anilines is 1. The van der Waals surface area contributed by atoms with E-state index in [1.807, 2.05) is 36.4 Å². The van der Waals surface area contributed by atoms with E-state index in [1.165, 1.54) is 37.8 Å². The maximum Gasteiger partial charge on any atom is 0.289 e. The van der Waals surface area contributed by atoms with Crippen molar-refractivity contribution in [1.29, 1.82) is 0 Å². The summed E-state index contributed by atoms with van der Waals surface area (Å²) in [6, 6.07) is 17.6. The number of hydrogen-bond acceptors (Lipinski definition) is 5. The van der Waals surface area contributed by atoms with E-state index in [4.69, 9.17) is 4.74 Å². The molecule has 3 aromatic rings. The van der Waals surface area contributed by atoms with Gasteiger partial charge < -0.3 is 9.64 Å². The molecule has 2 N–H and O–H groups in total. The summed E-state index contributed by atoms with van der Waals surface area (Å²) in [5, 5.41) is 11.1. The molecule has 1 amide bonds. The number of aromatic nitrogens is 2. The summed E-state index contributed by atoms with van der Waals surface area (Å²) in [7, 11) is 0. The van der Waals surface area contributed by atoms with E-state index in [0.717, 1.165) is 43.0 Å². The molecule has 192 valence electrons. The molecule has 0 atom stereocenters. The molecule has 0 fully saturated rings. The number of amides is 1. The van der Waals surface area contributed by atoms with Gasteiger partial charge in [-0.25, -0.2) is 5.43 Å². The highest BCUT2D eigenvalue weighted by Crippen LogP contribution is 2.22. The molecule has 0 aliphatic rings. The van der Waals surface area contributed by atoms with Crippen LogP contribution in [0, 0.1) is 0 Å². The number of unbranched alkanes of at least 4 members (excludes halogenated alkanes) is 5. The fraction of sp³-hybridized carbons (Fsp3) is 0.414. The van der Waals surface area contributed by atoms with Crippen molar-refractivity contribution >= 4 is 17.8 Å². The van der Waals surface area contributed by atoms with E-state index in [1.54, 1.807) is 12.3 Å². The molecular formula is C29H39N5O2. The second-order valence-corrected chi connectivity index (χ2v) is 8.77. The lowest BCUT2D eigenvalue weighted by atomic mass is 10.1. The highest BCUT2D eigenvalue weighted by molar-refractivity contribution is 5.94. The summed E-state index contributed by atoms with van der Waals surface area (Å²) < 4.78 is 5.85. The predicted octanol–water partition coefficient (Wildman–Crippen LogP) is 6.43. The van der Waals surface area contributed by atoms with Crippen molar-refractivity contribution in [2.24, 2.45) is 5.10 Å². The molecule has 1 heterocycles. The van der Waals surface area contributed by atoms with Gasteiger partial charge in [-0.1, -0.05) is 51.2 Å². The van der Waals surface area contributed by atoms with Gasteiger partial charge in [-0.2, -0.15) is 10.2 Å². The third-order valence-corrected chi connectivity index (χ3v) is 6.14. The minimum Gasteiger partial charge on any atom is -0.494 e. The van der Waals surface area contributed by atoms with Gasteiger partial charge in [-0.05, 0) is 68.3 Å². The van der Waals surface area contributed by atoms with Crippen LogP contribution in [0.15, 0.2) is 59.7 Å². The van der Waals surface area contributed by atoms with Gasteiger partial charge in [0.2, 0.25) is 0 Å². The summed E-state index contributed by atoms with van der Waals surface area (Å²) in [5.41, 5.74) is 6.59. The van der Waals surface area contributed by atoms with Crippen LogP contribution in [0.4, 0.5) is 5.69 Å². The molecule has 0 spiro atoms. The van der Waals surface area contributed by atoms with E-state index in [9.17, 15) is 4.79 Å². The number of aromatic amines is 1. The normalized spacial score (nSPS) is 11.1. The number of nitrogens with one attached hydrogen (secondary N) is 2. The molecule has 0 saturated heterocycles. The van der Waals surface area contributed by atoms with E-state index < -0.39 is 0 Å². The van der Waals surface area contributed by atoms with Gasteiger partial charge in [-0.15, -0.1) is 0 Å². The molecule has 0 aliphatic heterocycles. The number of hydrogen-bond donors (Lipinski definition) is 2. The monoisotopic (exact) mass is 489 g/mol. The van der Waals surface area contributed by atoms with Crippen LogP contribution in [0.2, 0.25) is 0 Å². The number of hydrazone groups is 1. The highest BCUT2D eigenvalue weighted by atomic mass is 16.5. The van der Waals surface area contributed by atoms with Crippen molar-refractivity contribution in [2.75, 3.05) is 24.6 Å². The minimum absolute atomic E-state index is 0.344. The molecule has 0 aliphatic carbocycles. The van der Waals surface area contributed by atoms with Crippen LogP contribution in [-0.2, 0) is 0 Å². The Morgan fingerprint density at radius 3 is 2.36 bits per heavy atom. The van der Waals surface area contributed by atoms with Gasteiger partial charge in [0.25, 0.3) is 5.91 Å². The first-order chi connectivity index (χ1) is 17.6. The van der Waals surface area contributed by atoms with E-state index in [2.05, 4.69) is 58.5 Å².